The van der Waals surface area contributed by atoms with E-state index in [1.54, 1.807) is 13.8 Å². The summed E-state index contributed by atoms with van der Waals surface area (Å²) in [5, 5.41) is 14.5. The summed E-state index contributed by atoms with van der Waals surface area (Å²) in [4.78, 5) is 23.2. The van der Waals surface area contributed by atoms with Crippen LogP contribution in [0.3, 0.4) is 0 Å². The standard InChI is InChI=1S/C10H14N2O3S/c1-4-11-10(15)12-8-7(9(13)14)5(2)6(3)16-8/h4H2,1-3H3,(H,13,14)(H2,11,12,15). The second kappa shape index (κ2) is 4.98. The van der Waals surface area contributed by atoms with Crippen molar-refractivity contribution in [1.29, 1.82) is 0 Å². The van der Waals surface area contributed by atoms with Crippen LogP contribution in [0.15, 0.2) is 0 Å². The normalized spacial score (nSPS) is 9.94. The van der Waals surface area contributed by atoms with E-state index in [2.05, 4.69) is 10.6 Å². The molecule has 1 aromatic rings. The molecule has 1 rings (SSSR count). The third-order valence-electron chi connectivity index (χ3n) is 2.16. The molecule has 0 saturated carbocycles. The van der Waals surface area contributed by atoms with Gasteiger partial charge in [-0.15, -0.1) is 11.3 Å². The number of thiophene rings is 1. The summed E-state index contributed by atoms with van der Waals surface area (Å²) in [6.45, 7) is 5.85. The summed E-state index contributed by atoms with van der Waals surface area (Å²) < 4.78 is 0. The Balaban J connectivity index is 3.00. The van der Waals surface area contributed by atoms with Crippen molar-refractivity contribution in [2.24, 2.45) is 0 Å². The fourth-order valence-electron chi connectivity index (χ4n) is 1.28. The topological polar surface area (TPSA) is 78.4 Å². The van der Waals surface area contributed by atoms with Gasteiger partial charge in [0.15, 0.2) is 0 Å². The molecule has 0 aliphatic heterocycles. The minimum atomic E-state index is -1.02. The maximum atomic E-state index is 11.3. The number of carbonyl (C=O) groups is 2. The molecule has 0 spiro atoms. The average molecular weight is 242 g/mol. The van der Waals surface area contributed by atoms with Gasteiger partial charge in [0.2, 0.25) is 0 Å². The Kier molecular flexibility index (Phi) is 3.89. The maximum absolute atomic E-state index is 11.3. The molecule has 1 aromatic heterocycles. The highest BCUT2D eigenvalue weighted by Crippen LogP contribution is 2.32. The number of aromatic carboxylic acids is 1. The fourth-order valence-corrected chi connectivity index (χ4v) is 2.33. The zero-order chi connectivity index (χ0) is 12.3. The van der Waals surface area contributed by atoms with Crippen LogP contribution in [0.1, 0.15) is 27.7 Å². The van der Waals surface area contributed by atoms with Gasteiger partial charge in [0.1, 0.15) is 5.00 Å². The van der Waals surface area contributed by atoms with Crippen molar-refractivity contribution in [1.82, 2.24) is 5.32 Å². The molecule has 1 heterocycles. The molecule has 3 N–H and O–H groups in total. The van der Waals surface area contributed by atoms with Crippen molar-refractivity contribution >= 4 is 28.3 Å². The number of carbonyl (C=O) groups excluding carboxylic acids is 1. The van der Waals surface area contributed by atoms with Crippen molar-refractivity contribution in [3.8, 4) is 0 Å². The van der Waals surface area contributed by atoms with E-state index in [1.165, 1.54) is 11.3 Å². The molecule has 16 heavy (non-hydrogen) atoms. The molecule has 0 atom stereocenters. The fraction of sp³-hybridized carbons (Fsp3) is 0.400. The summed E-state index contributed by atoms with van der Waals surface area (Å²) >= 11 is 1.27. The smallest absolute Gasteiger partial charge is 0.338 e. The Bertz CT molecular complexity index is 426. The number of urea groups is 1. The molecule has 0 aliphatic carbocycles. The predicted molar refractivity (Wildman–Crippen MR) is 63.4 cm³/mol. The molecule has 0 aliphatic rings. The number of hydrogen-bond donors (Lipinski definition) is 3. The van der Waals surface area contributed by atoms with Gasteiger partial charge in [-0.2, -0.15) is 0 Å². The molecule has 0 bridgehead atoms. The molecular formula is C10H14N2O3S. The molecule has 0 radical (unpaired) electrons. The lowest BCUT2D eigenvalue weighted by Gasteiger charge is -2.04. The average Bonchev–Trinajstić information content (AvgIpc) is 2.42. The van der Waals surface area contributed by atoms with Gasteiger partial charge in [-0.25, -0.2) is 9.59 Å². The lowest BCUT2D eigenvalue weighted by molar-refractivity contribution is 0.0697. The number of carboxylic acids is 1. The summed E-state index contributed by atoms with van der Waals surface area (Å²) in [6.07, 6.45) is 0. The van der Waals surface area contributed by atoms with Crippen molar-refractivity contribution in [2.45, 2.75) is 20.8 Å². The molecule has 0 aromatic carbocycles. The van der Waals surface area contributed by atoms with E-state index in [-0.39, 0.29) is 11.6 Å². The second-order valence-corrected chi connectivity index (χ2v) is 4.50. The number of anilines is 1. The van der Waals surface area contributed by atoms with Gasteiger partial charge in [0, 0.05) is 11.4 Å². The number of nitrogens with one attached hydrogen (secondary N) is 2. The lowest BCUT2D eigenvalue weighted by Crippen LogP contribution is -2.28. The van der Waals surface area contributed by atoms with E-state index >= 15 is 0 Å². The van der Waals surface area contributed by atoms with E-state index in [0.29, 0.717) is 17.1 Å². The summed E-state index contributed by atoms with van der Waals surface area (Å²) in [5.41, 5.74) is 0.873. The highest BCUT2D eigenvalue weighted by atomic mass is 32.1. The highest BCUT2D eigenvalue weighted by molar-refractivity contribution is 7.16. The zero-order valence-electron chi connectivity index (χ0n) is 9.38. The number of carboxylic acid groups (broad SMARTS) is 1. The van der Waals surface area contributed by atoms with Crippen molar-refractivity contribution in [3.63, 3.8) is 0 Å². The quantitative estimate of drug-likeness (QED) is 0.760. The Hall–Kier alpha value is -1.56. The molecular weight excluding hydrogens is 228 g/mol. The first-order chi connectivity index (χ1) is 7.47. The van der Waals surface area contributed by atoms with Crippen molar-refractivity contribution < 1.29 is 14.7 Å². The summed E-state index contributed by atoms with van der Waals surface area (Å²) in [6, 6.07) is -0.383. The summed E-state index contributed by atoms with van der Waals surface area (Å²) in [5.74, 6) is -1.02. The van der Waals surface area contributed by atoms with Crippen LogP contribution in [0.4, 0.5) is 9.80 Å². The van der Waals surface area contributed by atoms with E-state index in [1.807, 2.05) is 6.92 Å². The molecule has 6 heteroatoms. The Labute approximate surface area is 97.5 Å². The molecule has 0 saturated heterocycles. The number of hydrogen-bond acceptors (Lipinski definition) is 3. The van der Waals surface area contributed by atoms with Crippen LogP contribution in [0.25, 0.3) is 0 Å². The van der Waals surface area contributed by atoms with Gasteiger partial charge in [-0.05, 0) is 26.3 Å². The maximum Gasteiger partial charge on any atom is 0.338 e. The Morgan fingerprint density at radius 2 is 2.00 bits per heavy atom. The van der Waals surface area contributed by atoms with Crippen molar-refractivity contribution in [2.75, 3.05) is 11.9 Å². The van der Waals surface area contributed by atoms with Gasteiger partial charge >= 0.3 is 12.0 Å². The molecule has 88 valence electrons. The Morgan fingerprint density at radius 1 is 1.38 bits per heavy atom. The first-order valence-electron chi connectivity index (χ1n) is 4.85. The van der Waals surface area contributed by atoms with Crippen LogP contribution in [-0.2, 0) is 0 Å². The van der Waals surface area contributed by atoms with Crippen LogP contribution in [0.5, 0.6) is 0 Å². The third kappa shape index (κ3) is 2.52. The monoisotopic (exact) mass is 242 g/mol. The molecule has 0 fully saturated rings. The first-order valence-corrected chi connectivity index (χ1v) is 5.67. The number of aryl methyl sites for hydroxylation is 1. The van der Waals surface area contributed by atoms with Gasteiger partial charge in [-0.3, -0.25) is 5.32 Å². The van der Waals surface area contributed by atoms with E-state index in [9.17, 15) is 9.59 Å². The van der Waals surface area contributed by atoms with Crippen molar-refractivity contribution in [3.05, 3.63) is 16.0 Å². The number of amides is 2. The van der Waals surface area contributed by atoms with Crippen LogP contribution in [0, 0.1) is 13.8 Å². The minimum absolute atomic E-state index is 0.175. The van der Waals surface area contributed by atoms with E-state index in [0.717, 1.165) is 4.88 Å². The predicted octanol–water partition coefficient (Wildman–Crippen LogP) is 2.20. The van der Waals surface area contributed by atoms with Crippen LogP contribution in [0.2, 0.25) is 0 Å². The third-order valence-corrected chi connectivity index (χ3v) is 3.29. The molecule has 5 nitrogen and oxygen atoms in total. The van der Waals surface area contributed by atoms with Gasteiger partial charge in [0.25, 0.3) is 0 Å². The SMILES string of the molecule is CCNC(=O)Nc1sc(C)c(C)c1C(=O)O. The molecule has 2 amide bonds. The highest BCUT2D eigenvalue weighted by Gasteiger charge is 2.19. The van der Waals surface area contributed by atoms with E-state index < -0.39 is 5.97 Å². The van der Waals surface area contributed by atoms with Gasteiger partial charge < -0.3 is 10.4 Å². The zero-order valence-corrected chi connectivity index (χ0v) is 10.2. The summed E-state index contributed by atoms with van der Waals surface area (Å²) in [7, 11) is 0. The van der Waals surface area contributed by atoms with Crippen LogP contribution >= 0.6 is 11.3 Å². The van der Waals surface area contributed by atoms with Gasteiger partial charge in [0.05, 0.1) is 5.56 Å². The van der Waals surface area contributed by atoms with E-state index in [4.69, 9.17) is 5.11 Å². The minimum Gasteiger partial charge on any atom is -0.478 e. The lowest BCUT2D eigenvalue weighted by atomic mass is 10.1. The largest absolute Gasteiger partial charge is 0.478 e. The van der Waals surface area contributed by atoms with Gasteiger partial charge in [-0.1, -0.05) is 0 Å². The Morgan fingerprint density at radius 3 is 2.50 bits per heavy atom. The molecule has 0 unspecified atom stereocenters. The number of rotatable bonds is 3. The second-order valence-electron chi connectivity index (χ2n) is 3.28. The van der Waals surface area contributed by atoms with Crippen LogP contribution < -0.4 is 10.6 Å². The van der Waals surface area contributed by atoms with Crippen LogP contribution in [-0.4, -0.2) is 23.7 Å². The first kappa shape index (κ1) is 12.5.